The molecule has 2 aromatic carbocycles. The lowest BCUT2D eigenvalue weighted by Crippen LogP contribution is -2.39. The van der Waals surface area contributed by atoms with Crippen molar-refractivity contribution in [2.75, 3.05) is 33.9 Å². The van der Waals surface area contributed by atoms with Gasteiger partial charge >= 0.3 is 0 Å². The Morgan fingerprint density at radius 2 is 1.79 bits per heavy atom. The molecule has 0 atom stereocenters. The number of methoxy groups -OCH3 is 2. The monoisotopic (exact) mass is 471 g/mol. The van der Waals surface area contributed by atoms with Gasteiger partial charge in [-0.15, -0.1) is 0 Å². The summed E-state index contributed by atoms with van der Waals surface area (Å²) in [4.78, 5) is 27.2. The van der Waals surface area contributed by atoms with E-state index in [1.807, 2.05) is 6.92 Å². The van der Waals surface area contributed by atoms with Crippen molar-refractivity contribution in [3.63, 3.8) is 0 Å². The standard InChI is InChI=1S/C26H30ClNO5/c1-4-15-33-26-22(27)16-18(17-23(26)32-3)5-10-24(29)28-13-11-20(12-14-28)25(30)19-6-8-21(31-2)9-7-19/h5-10,16-17,20H,4,11-15H2,1-3H3/b10-5+. The summed E-state index contributed by atoms with van der Waals surface area (Å²) in [5.41, 5.74) is 1.43. The molecule has 1 aliphatic rings. The molecule has 1 aliphatic heterocycles. The number of hydrogen-bond donors (Lipinski definition) is 0. The molecule has 1 amide bonds. The molecule has 0 radical (unpaired) electrons. The van der Waals surface area contributed by atoms with Crippen molar-refractivity contribution in [2.24, 2.45) is 5.92 Å². The Balaban J connectivity index is 1.58. The van der Waals surface area contributed by atoms with Crippen LogP contribution in [0.4, 0.5) is 0 Å². The Morgan fingerprint density at radius 3 is 2.39 bits per heavy atom. The first-order valence-corrected chi connectivity index (χ1v) is 11.5. The van der Waals surface area contributed by atoms with Crippen LogP contribution in [0.5, 0.6) is 17.2 Å². The average Bonchev–Trinajstić information content (AvgIpc) is 2.86. The minimum atomic E-state index is -0.0910. The summed E-state index contributed by atoms with van der Waals surface area (Å²) in [7, 11) is 3.15. The average molecular weight is 472 g/mol. The fourth-order valence-corrected chi connectivity index (χ4v) is 4.08. The number of piperidine rings is 1. The van der Waals surface area contributed by atoms with Crippen molar-refractivity contribution in [3.05, 3.63) is 58.6 Å². The summed E-state index contributed by atoms with van der Waals surface area (Å²) >= 11 is 6.35. The predicted molar refractivity (Wildman–Crippen MR) is 129 cm³/mol. The maximum atomic E-state index is 12.8. The summed E-state index contributed by atoms with van der Waals surface area (Å²) in [5.74, 6) is 1.71. The lowest BCUT2D eigenvalue weighted by atomic mass is 9.89. The van der Waals surface area contributed by atoms with Crippen molar-refractivity contribution in [1.82, 2.24) is 4.90 Å². The number of ether oxygens (including phenoxy) is 3. The van der Waals surface area contributed by atoms with Crippen LogP contribution in [0.3, 0.4) is 0 Å². The molecule has 176 valence electrons. The number of rotatable bonds is 9. The van der Waals surface area contributed by atoms with Gasteiger partial charge < -0.3 is 19.1 Å². The molecule has 0 N–H and O–H groups in total. The van der Waals surface area contributed by atoms with Gasteiger partial charge in [-0.3, -0.25) is 9.59 Å². The molecule has 1 heterocycles. The molecule has 0 bridgehead atoms. The number of Topliss-reactive ketones (excluding diaryl/α,β-unsaturated/α-hetero) is 1. The van der Waals surface area contributed by atoms with Gasteiger partial charge in [0.25, 0.3) is 0 Å². The van der Waals surface area contributed by atoms with Gasteiger partial charge in [0.1, 0.15) is 5.75 Å². The molecule has 0 spiro atoms. The van der Waals surface area contributed by atoms with Crippen LogP contribution in [-0.2, 0) is 4.79 Å². The van der Waals surface area contributed by atoms with Crippen LogP contribution in [-0.4, -0.2) is 50.5 Å². The van der Waals surface area contributed by atoms with Gasteiger partial charge in [0, 0.05) is 30.6 Å². The highest BCUT2D eigenvalue weighted by Crippen LogP contribution is 2.37. The highest BCUT2D eigenvalue weighted by atomic mass is 35.5. The second-order valence-electron chi connectivity index (χ2n) is 7.91. The molecule has 0 aromatic heterocycles. The molecule has 1 saturated heterocycles. The summed E-state index contributed by atoms with van der Waals surface area (Å²) < 4.78 is 16.2. The van der Waals surface area contributed by atoms with Crippen LogP contribution >= 0.6 is 11.6 Å². The van der Waals surface area contributed by atoms with Crippen molar-refractivity contribution in [3.8, 4) is 17.2 Å². The number of ketones is 1. The number of carbonyl (C=O) groups is 2. The van der Waals surface area contributed by atoms with Crippen molar-refractivity contribution >= 4 is 29.4 Å². The molecule has 0 saturated carbocycles. The molecular weight excluding hydrogens is 442 g/mol. The van der Waals surface area contributed by atoms with E-state index in [2.05, 4.69) is 0 Å². The summed E-state index contributed by atoms with van der Waals surface area (Å²) in [6.07, 6.45) is 5.40. The molecule has 2 aromatic rings. The largest absolute Gasteiger partial charge is 0.497 e. The van der Waals surface area contributed by atoms with Gasteiger partial charge in [0.2, 0.25) is 5.91 Å². The van der Waals surface area contributed by atoms with Crippen LogP contribution in [0.25, 0.3) is 6.08 Å². The lowest BCUT2D eigenvalue weighted by Gasteiger charge is -2.30. The van der Waals surface area contributed by atoms with Crippen LogP contribution in [0, 0.1) is 5.92 Å². The molecular formula is C26H30ClNO5. The van der Waals surface area contributed by atoms with Crippen LogP contribution in [0.15, 0.2) is 42.5 Å². The van der Waals surface area contributed by atoms with E-state index in [4.69, 9.17) is 25.8 Å². The Labute approximate surface area is 200 Å². The van der Waals surface area contributed by atoms with Gasteiger partial charge in [-0.1, -0.05) is 18.5 Å². The highest BCUT2D eigenvalue weighted by Gasteiger charge is 2.27. The van der Waals surface area contributed by atoms with Crippen molar-refractivity contribution < 1.29 is 23.8 Å². The van der Waals surface area contributed by atoms with Crippen LogP contribution in [0.2, 0.25) is 5.02 Å². The number of nitrogens with zero attached hydrogens (tertiary/aromatic N) is 1. The van der Waals surface area contributed by atoms with E-state index in [9.17, 15) is 9.59 Å². The van der Waals surface area contributed by atoms with E-state index < -0.39 is 0 Å². The molecule has 7 heteroatoms. The van der Waals surface area contributed by atoms with E-state index >= 15 is 0 Å². The normalized spacial score (nSPS) is 14.4. The van der Waals surface area contributed by atoms with E-state index in [1.54, 1.807) is 61.6 Å². The van der Waals surface area contributed by atoms with E-state index in [1.165, 1.54) is 6.08 Å². The molecule has 3 rings (SSSR count). The maximum Gasteiger partial charge on any atom is 0.246 e. The zero-order chi connectivity index (χ0) is 23.8. The van der Waals surface area contributed by atoms with Gasteiger partial charge in [-0.05, 0) is 67.3 Å². The molecule has 33 heavy (non-hydrogen) atoms. The number of halogens is 1. The summed E-state index contributed by atoms with van der Waals surface area (Å²) in [5, 5.41) is 0.438. The van der Waals surface area contributed by atoms with Gasteiger partial charge in [0.15, 0.2) is 17.3 Å². The predicted octanol–water partition coefficient (Wildman–Crippen LogP) is 5.28. The minimum absolute atomic E-state index is 0.0786. The fraction of sp³-hybridized carbons (Fsp3) is 0.385. The number of likely N-dealkylation sites (tertiary alicyclic amines) is 1. The Kier molecular flexibility index (Phi) is 8.78. The van der Waals surface area contributed by atoms with Crippen LogP contribution in [0.1, 0.15) is 42.1 Å². The molecule has 0 aliphatic carbocycles. The third-order valence-electron chi connectivity index (χ3n) is 5.67. The third-order valence-corrected chi connectivity index (χ3v) is 5.95. The summed E-state index contributed by atoms with van der Waals surface area (Å²) in [6, 6.07) is 10.7. The molecule has 1 fully saturated rings. The number of benzene rings is 2. The summed E-state index contributed by atoms with van der Waals surface area (Å²) in [6.45, 7) is 3.65. The van der Waals surface area contributed by atoms with E-state index in [-0.39, 0.29) is 17.6 Å². The second-order valence-corrected chi connectivity index (χ2v) is 8.32. The maximum absolute atomic E-state index is 12.8. The smallest absolute Gasteiger partial charge is 0.246 e. The number of amides is 1. The zero-order valence-electron chi connectivity index (χ0n) is 19.3. The van der Waals surface area contributed by atoms with Crippen molar-refractivity contribution in [1.29, 1.82) is 0 Å². The Bertz CT molecular complexity index is 994. The number of carbonyl (C=O) groups excluding carboxylic acids is 2. The van der Waals surface area contributed by atoms with Gasteiger partial charge in [-0.2, -0.15) is 0 Å². The first kappa shape index (κ1) is 24.6. The van der Waals surface area contributed by atoms with E-state index in [0.29, 0.717) is 54.6 Å². The van der Waals surface area contributed by atoms with E-state index in [0.717, 1.165) is 17.7 Å². The zero-order valence-corrected chi connectivity index (χ0v) is 20.1. The first-order chi connectivity index (χ1) is 16.0. The lowest BCUT2D eigenvalue weighted by molar-refractivity contribution is -0.127. The third kappa shape index (κ3) is 6.29. The second kappa shape index (κ2) is 11.8. The quantitative estimate of drug-likeness (QED) is 0.367. The topological polar surface area (TPSA) is 65.1 Å². The van der Waals surface area contributed by atoms with Gasteiger partial charge in [-0.25, -0.2) is 0 Å². The first-order valence-electron chi connectivity index (χ1n) is 11.1. The van der Waals surface area contributed by atoms with Gasteiger partial charge in [0.05, 0.1) is 25.8 Å². The molecule has 6 nitrogen and oxygen atoms in total. The number of hydrogen-bond acceptors (Lipinski definition) is 5. The molecule has 0 unspecified atom stereocenters. The van der Waals surface area contributed by atoms with Crippen LogP contribution < -0.4 is 14.2 Å². The SMILES string of the molecule is CCCOc1c(Cl)cc(/C=C/C(=O)N2CCC(C(=O)c3ccc(OC)cc3)CC2)cc1OC. The highest BCUT2D eigenvalue weighted by molar-refractivity contribution is 6.32. The Hall–Kier alpha value is -2.99. The minimum Gasteiger partial charge on any atom is -0.497 e. The fourth-order valence-electron chi connectivity index (χ4n) is 3.81. The van der Waals surface area contributed by atoms with Crippen molar-refractivity contribution in [2.45, 2.75) is 26.2 Å². The Morgan fingerprint density at radius 1 is 1.09 bits per heavy atom.